The lowest BCUT2D eigenvalue weighted by Gasteiger charge is -2.21. The highest BCUT2D eigenvalue weighted by Gasteiger charge is 2.27. The van der Waals surface area contributed by atoms with Gasteiger partial charge in [0.15, 0.2) is 0 Å². The Morgan fingerprint density at radius 1 is 0.964 bits per heavy atom. The van der Waals surface area contributed by atoms with E-state index in [-0.39, 0.29) is 11.8 Å². The van der Waals surface area contributed by atoms with E-state index in [4.69, 9.17) is 0 Å². The van der Waals surface area contributed by atoms with Gasteiger partial charge in [-0.15, -0.1) is 0 Å². The molecule has 0 amide bonds. The van der Waals surface area contributed by atoms with Crippen LogP contribution < -0.4 is 10.3 Å². The van der Waals surface area contributed by atoms with Gasteiger partial charge in [-0.1, -0.05) is 35.9 Å². The zero-order chi connectivity index (χ0) is 19.7. The molecule has 0 saturated carbocycles. The molecule has 0 aliphatic carbocycles. The Morgan fingerprint density at radius 3 is 2.46 bits per heavy atom. The van der Waals surface area contributed by atoms with Crippen LogP contribution in [0.2, 0.25) is 0 Å². The normalized spacial score (nSPS) is 12.1. The molecule has 0 spiro atoms. The van der Waals surface area contributed by atoms with Crippen molar-refractivity contribution in [3.63, 3.8) is 0 Å². The van der Waals surface area contributed by atoms with Gasteiger partial charge in [0.05, 0.1) is 6.20 Å². The van der Waals surface area contributed by atoms with Gasteiger partial charge < -0.3 is 5.11 Å². The quantitative estimate of drug-likeness (QED) is 0.538. The summed E-state index contributed by atoms with van der Waals surface area (Å²) in [5, 5.41) is 15.6. The Kier molecular flexibility index (Phi) is 4.70. The van der Waals surface area contributed by atoms with Crippen molar-refractivity contribution in [3.8, 4) is 5.75 Å². The zero-order valence-corrected chi connectivity index (χ0v) is 16.3. The van der Waals surface area contributed by atoms with Crippen molar-refractivity contribution in [2.45, 2.75) is 26.8 Å². The Bertz CT molecular complexity index is 1120. The first kappa shape index (κ1) is 18.0. The second-order valence-electron chi connectivity index (χ2n) is 7.24. The number of nitrogens with zero attached hydrogens (tertiary/aromatic N) is 1. The second kappa shape index (κ2) is 7.31. The van der Waals surface area contributed by atoms with Gasteiger partial charge in [0.25, 0.3) is 5.82 Å². The van der Waals surface area contributed by atoms with E-state index >= 15 is 0 Å². The highest BCUT2D eigenvalue weighted by atomic mass is 16.3. The number of H-pyrrole nitrogens is 1. The minimum Gasteiger partial charge on any atom is -0.505 e. The van der Waals surface area contributed by atoms with Crippen LogP contribution in [0.4, 0.5) is 5.82 Å². The molecule has 0 radical (unpaired) electrons. The number of aromatic hydroxyl groups is 1. The lowest BCUT2D eigenvalue weighted by molar-refractivity contribution is -0.361. The first-order chi connectivity index (χ1) is 13.5. The van der Waals surface area contributed by atoms with Crippen LogP contribution in [0.25, 0.3) is 10.9 Å². The number of nitrogens with one attached hydrogen (secondary N) is 2. The lowest BCUT2D eigenvalue weighted by Crippen LogP contribution is -2.20. The average Bonchev–Trinajstić information content (AvgIpc) is 2.68. The summed E-state index contributed by atoms with van der Waals surface area (Å²) in [4.78, 5) is 7.63. The Balaban J connectivity index is 1.93. The van der Waals surface area contributed by atoms with Crippen LogP contribution in [0.15, 0.2) is 67.0 Å². The predicted molar refractivity (Wildman–Crippen MR) is 113 cm³/mol. The van der Waals surface area contributed by atoms with Gasteiger partial charge in [-0.25, -0.2) is 4.98 Å². The minimum atomic E-state index is -0.217. The van der Waals surface area contributed by atoms with E-state index in [1.54, 1.807) is 6.20 Å². The summed E-state index contributed by atoms with van der Waals surface area (Å²) in [7, 11) is 0. The molecule has 3 N–H and O–H groups in total. The molecule has 140 valence electrons. The molecule has 0 saturated heterocycles. The van der Waals surface area contributed by atoms with Crippen molar-refractivity contribution in [2.24, 2.45) is 0 Å². The van der Waals surface area contributed by atoms with Crippen molar-refractivity contribution in [2.75, 3.05) is 5.32 Å². The number of aromatic amines is 1. The smallest absolute Gasteiger partial charge is 0.272 e. The molecule has 4 nitrogen and oxygen atoms in total. The monoisotopic (exact) mass is 370 g/mol. The average molecular weight is 370 g/mol. The summed E-state index contributed by atoms with van der Waals surface area (Å²) in [5.41, 5.74) is 6.18. The fraction of sp³-hybridized carbons (Fsp3) is 0.167. The van der Waals surface area contributed by atoms with Crippen LogP contribution in [0.3, 0.4) is 0 Å². The number of phenols is 1. The molecule has 2 aromatic heterocycles. The van der Waals surface area contributed by atoms with E-state index in [1.165, 1.54) is 16.7 Å². The van der Waals surface area contributed by atoms with Crippen LogP contribution in [0.5, 0.6) is 5.75 Å². The molecule has 0 bridgehead atoms. The molecule has 0 aliphatic rings. The minimum absolute atomic E-state index is 0.214. The molecule has 4 heteroatoms. The van der Waals surface area contributed by atoms with Gasteiger partial charge in [0.2, 0.25) is 0 Å². The number of aromatic nitrogens is 2. The number of pyridine rings is 2. The standard InChI is InChI=1S/C24H23N3O/c1-15-13-16(2)21(17(3)14-15)23(27-20-8-4-5-11-25-20)19-10-9-18-7-6-12-26-22(18)24(19)28/h4-14,23,28H,1-3H3,(H,25,27)/p+1/t23-/m0/s1. The van der Waals surface area contributed by atoms with E-state index < -0.39 is 0 Å². The topological polar surface area (TPSA) is 59.3 Å². The summed E-state index contributed by atoms with van der Waals surface area (Å²) in [6.45, 7) is 6.35. The van der Waals surface area contributed by atoms with Gasteiger partial charge in [-0.2, -0.15) is 0 Å². The molecule has 0 aliphatic heterocycles. The summed E-state index contributed by atoms with van der Waals surface area (Å²) < 4.78 is 0. The number of hydrogen-bond acceptors (Lipinski definition) is 3. The summed E-state index contributed by atoms with van der Waals surface area (Å²) in [5.74, 6) is 1.10. The second-order valence-corrected chi connectivity index (χ2v) is 7.24. The number of phenolic OH excluding ortho intramolecular Hbond substituents is 1. The Labute approximate surface area is 164 Å². The van der Waals surface area contributed by atoms with Crippen LogP contribution in [-0.2, 0) is 0 Å². The van der Waals surface area contributed by atoms with Crippen molar-refractivity contribution in [1.82, 2.24) is 4.98 Å². The maximum atomic E-state index is 11.1. The zero-order valence-electron chi connectivity index (χ0n) is 16.3. The van der Waals surface area contributed by atoms with Crippen molar-refractivity contribution < 1.29 is 10.1 Å². The first-order valence-corrected chi connectivity index (χ1v) is 9.42. The summed E-state index contributed by atoms with van der Waals surface area (Å²) >= 11 is 0. The van der Waals surface area contributed by atoms with Crippen LogP contribution in [0.1, 0.15) is 33.9 Å². The largest absolute Gasteiger partial charge is 0.505 e. The van der Waals surface area contributed by atoms with Gasteiger partial charge in [-0.05, 0) is 50.1 Å². The van der Waals surface area contributed by atoms with E-state index in [0.29, 0.717) is 5.52 Å². The molecule has 0 fully saturated rings. The number of hydrogen-bond donors (Lipinski definition) is 2. The number of anilines is 1. The molecule has 0 unspecified atom stereocenters. The summed E-state index contributed by atoms with van der Waals surface area (Å²) in [6.07, 6.45) is 3.59. The molecule has 4 rings (SSSR count). The lowest BCUT2D eigenvalue weighted by atomic mass is 9.89. The number of fused-ring (bicyclic) bond motifs is 1. The highest BCUT2D eigenvalue weighted by Crippen LogP contribution is 2.38. The third-order valence-corrected chi connectivity index (χ3v) is 5.13. The van der Waals surface area contributed by atoms with Crippen LogP contribution in [-0.4, -0.2) is 10.1 Å². The molecule has 4 aromatic rings. The van der Waals surface area contributed by atoms with Crippen LogP contribution in [0, 0.1) is 20.8 Å². The predicted octanol–water partition coefficient (Wildman–Crippen LogP) is 4.88. The van der Waals surface area contributed by atoms with E-state index in [2.05, 4.69) is 48.2 Å². The highest BCUT2D eigenvalue weighted by molar-refractivity contribution is 5.86. The molecule has 2 aromatic carbocycles. The number of benzene rings is 2. The van der Waals surface area contributed by atoms with E-state index in [0.717, 1.165) is 22.3 Å². The molecular weight excluding hydrogens is 346 g/mol. The van der Waals surface area contributed by atoms with Crippen molar-refractivity contribution >= 4 is 16.7 Å². The third-order valence-electron chi connectivity index (χ3n) is 5.13. The van der Waals surface area contributed by atoms with Gasteiger partial charge in [-0.3, -0.25) is 10.3 Å². The third kappa shape index (κ3) is 3.29. The Hall–Kier alpha value is -3.40. The van der Waals surface area contributed by atoms with Crippen molar-refractivity contribution in [1.29, 1.82) is 0 Å². The van der Waals surface area contributed by atoms with Gasteiger partial charge in [0, 0.05) is 28.8 Å². The molecule has 1 atom stereocenters. The number of rotatable bonds is 4. The van der Waals surface area contributed by atoms with Crippen LogP contribution >= 0.6 is 0 Å². The molecular formula is C24H24N3O+. The molecule has 28 heavy (non-hydrogen) atoms. The van der Waals surface area contributed by atoms with Crippen molar-refractivity contribution in [3.05, 3.63) is 94.8 Å². The fourth-order valence-electron chi connectivity index (χ4n) is 3.97. The first-order valence-electron chi connectivity index (χ1n) is 9.42. The fourth-order valence-corrected chi connectivity index (χ4v) is 3.97. The maximum Gasteiger partial charge on any atom is 0.272 e. The maximum absolute atomic E-state index is 11.1. The summed E-state index contributed by atoms with van der Waals surface area (Å²) in [6, 6.07) is 17.9. The molecule has 2 heterocycles. The van der Waals surface area contributed by atoms with E-state index in [9.17, 15) is 5.11 Å². The van der Waals surface area contributed by atoms with Gasteiger partial charge >= 0.3 is 0 Å². The SMILES string of the molecule is Cc1cc(C)c([C@@H](Nc2cccc[nH+]2)c2ccc3cccnc3c2O)c(C)c1. The Morgan fingerprint density at radius 2 is 1.75 bits per heavy atom. The number of aryl methyl sites for hydroxylation is 3. The van der Waals surface area contributed by atoms with E-state index in [1.807, 2.05) is 48.7 Å². The van der Waals surface area contributed by atoms with Gasteiger partial charge in [0.1, 0.15) is 17.3 Å².